The van der Waals surface area contributed by atoms with Crippen LogP contribution in [-0.4, -0.2) is 53.2 Å². The summed E-state index contributed by atoms with van der Waals surface area (Å²) in [5.41, 5.74) is 2.60. The van der Waals surface area contributed by atoms with Crippen LogP contribution in [0.3, 0.4) is 0 Å². The molecule has 1 unspecified atom stereocenters. The summed E-state index contributed by atoms with van der Waals surface area (Å²) in [6.45, 7) is 6.57. The van der Waals surface area contributed by atoms with Crippen LogP contribution in [0.1, 0.15) is 42.1 Å². The first-order chi connectivity index (χ1) is 12.6. The van der Waals surface area contributed by atoms with E-state index < -0.39 is 0 Å². The van der Waals surface area contributed by atoms with Gasteiger partial charge in [0.1, 0.15) is 0 Å². The van der Waals surface area contributed by atoms with Crippen molar-refractivity contribution in [3.63, 3.8) is 0 Å². The third kappa shape index (κ3) is 5.37. The van der Waals surface area contributed by atoms with E-state index in [1.54, 1.807) is 7.11 Å². The van der Waals surface area contributed by atoms with Gasteiger partial charge >= 0.3 is 0 Å². The topological polar surface area (TPSA) is 54.6 Å². The zero-order valence-electron chi connectivity index (χ0n) is 16.1. The van der Waals surface area contributed by atoms with E-state index in [1.165, 1.54) is 30.4 Å². The van der Waals surface area contributed by atoms with E-state index in [1.807, 2.05) is 6.92 Å². The standard InChI is InChI=1S/C20H30N4O2/c1-16-21-20(22-26-16)14-23(2)19-5-4-11-24(12-10-19)13-17-6-8-18(9-7-17)15-25-3/h6-9,19H,4-5,10-15H2,1-3H3. The predicted octanol–water partition coefficient (Wildman–Crippen LogP) is 3.01. The molecule has 0 aliphatic carbocycles. The number of hydrogen-bond acceptors (Lipinski definition) is 6. The normalized spacial score (nSPS) is 19.0. The molecule has 1 saturated heterocycles. The van der Waals surface area contributed by atoms with Gasteiger partial charge in [0.25, 0.3) is 0 Å². The number of aryl methyl sites for hydroxylation is 1. The average molecular weight is 358 g/mol. The Hall–Kier alpha value is -1.76. The van der Waals surface area contributed by atoms with Crippen LogP contribution in [0.15, 0.2) is 28.8 Å². The van der Waals surface area contributed by atoms with Gasteiger partial charge in [-0.15, -0.1) is 0 Å². The van der Waals surface area contributed by atoms with E-state index >= 15 is 0 Å². The van der Waals surface area contributed by atoms with E-state index in [0.29, 0.717) is 18.5 Å². The van der Waals surface area contributed by atoms with E-state index in [-0.39, 0.29) is 0 Å². The van der Waals surface area contributed by atoms with Crippen molar-refractivity contribution in [2.24, 2.45) is 0 Å². The predicted molar refractivity (Wildman–Crippen MR) is 101 cm³/mol. The van der Waals surface area contributed by atoms with E-state index in [9.17, 15) is 0 Å². The third-order valence-electron chi connectivity index (χ3n) is 5.11. The second-order valence-corrected chi connectivity index (χ2v) is 7.26. The van der Waals surface area contributed by atoms with Gasteiger partial charge in [0, 0.05) is 26.6 Å². The molecule has 2 aromatic rings. The second-order valence-electron chi connectivity index (χ2n) is 7.26. The molecule has 0 saturated carbocycles. The summed E-state index contributed by atoms with van der Waals surface area (Å²) in [7, 11) is 3.90. The maximum atomic E-state index is 5.18. The average Bonchev–Trinajstić information content (AvgIpc) is 2.90. The molecule has 0 amide bonds. The Morgan fingerprint density at radius 3 is 2.65 bits per heavy atom. The van der Waals surface area contributed by atoms with Crippen molar-refractivity contribution < 1.29 is 9.26 Å². The number of methoxy groups -OCH3 is 1. The molecule has 0 N–H and O–H groups in total. The Labute approximate surface area is 156 Å². The van der Waals surface area contributed by atoms with Crippen molar-refractivity contribution >= 4 is 0 Å². The molecule has 1 aliphatic rings. The molecule has 26 heavy (non-hydrogen) atoms. The minimum atomic E-state index is 0.572. The maximum absolute atomic E-state index is 5.18. The lowest BCUT2D eigenvalue weighted by Gasteiger charge is -2.26. The number of nitrogens with zero attached hydrogens (tertiary/aromatic N) is 4. The number of likely N-dealkylation sites (tertiary alicyclic amines) is 1. The summed E-state index contributed by atoms with van der Waals surface area (Å²) in [6.07, 6.45) is 3.62. The lowest BCUT2D eigenvalue weighted by molar-refractivity contribution is 0.185. The van der Waals surface area contributed by atoms with Gasteiger partial charge in [-0.25, -0.2) is 0 Å². The van der Waals surface area contributed by atoms with Gasteiger partial charge in [0.2, 0.25) is 5.89 Å². The Balaban J connectivity index is 1.49. The highest BCUT2D eigenvalue weighted by Crippen LogP contribution is 2.19. The maximum Gasteiger partial charge on any atom is 0.223 e. The SMILES string of the molecule is COCc1ccc(CN2CCCC(N(C)Cc3noc(C)n3)CC2)cc1. The summed E-state index contributed by atoms with van der Waals surface area (Å²) in [5, 5.41) is 4.02. The van der Waals surface area contributed by atoms with Crippen molar-refractivity contribution in [2.45, 2.75) is 51.9 Å². The number of rotatable bonds is 7. The number of benzene rings is 1. The van der Waals surface area contributed by atoms with Crippen molar-refractivity contribution in [1.82, 2.24) is 19.9 Å². The molecule has 1 aliphatic heterocycles. The highest BCUT2D eigenvalue weighted by molar-refractivity contribution is 5.22. The lowest BCUT2D eigenvalue weighted by atomic mass is 10.1. The van der Waals surface area contributed by atoms with Crippen LogP contribution in [-0.2, 0) is 24.4 Å². The van der Waals surface area contributed by atoms with Crippen molar-refractivity contribution in [1.29, 1.82) is 0 Å². The fraction of sp³-hybridized carbons (Fsp3) is 0.600. The largest absolute Gasteiger partial charge is 0.380 e. The second kappa shape index (κ2) is 9.26. The van der Waals surface area contributed by atoms with Crippen LogP contribution in [0.4, 0.5) is 0 Å². The Morgan fingerprint density at radius 1 is 1.19 bits per heavy atom. The molecule has 3 rings (SSSR count). The molecular weight excluding hydrogens is 328 g/mol. The highest BCUT2D eigenvalue weighted by atomic mass is 16.5. The number of aromatic nitrogens is 2. The first kappa shape index (κ1) is 19.0. The monoisotopic (exact) mass is 358 g/mol. The van der Waals surface area contributed by atoms with Gasteiger partial charge in [-0.1, -0.05) is 29.4 Å². The first-order valence-corrected chi connectivity index (χ1v) is 9.42. The number of hydrogen-bond donors (Lipinski definition) is 0. The summed E-state index contributed by atoms with van der Waals surface area (Å²) in [5.74, 6) is 1.42. The van der Waals surface area contributed by atoms with Crippen molar-refractivity contribution in [3.05, 3.63) is 47.1 Å². The Kier molecular flexibility index (Phi) is 6.77. The minimum absolute atomic E-state index is 0.572. The Morgan fingerprint density at radius 2 is 1.96 bits per heavy atom. The van der Waals surface area contributed by atoms with E-state index in [4.69, 9.17) is 9.26 Å². The van der Waals surface area contributed by atoms with Gasteiger partial charge in [-0.2, -0.15) is 4.98 Å². The molecule has 0 radical (unpaired) electrons. The first-order valence-electron chi connectivity index (χ1n) is 9.42. The van der Waals surface area contributed by atoms with Crippen LogP contribution in [0.5, 0.6) is 0 Å². The molecule has 1 aromatic carbocycles. The van der Waals surface area contributed by atoms with Crippen LogP contribution in [0.25, 0.3) is 0 Å². The van der Waals surface area contributed by atoms with E-state index in [2.05, 4.69) is 51.3 Å². The summed E-state index contributed by atoms with van der Waals surface area (Å²) >= 11 is 0. The van der Waals surface area contributed by atoms with Crippen LogP contribution >= 0.6 is 0 Å². The summed E-state index contributed by atoms with van der Waals surface area (Å²) < 4.78 is 10.3. The zero-order valence-corrected chi connectivity index (χ0v) is 16.1. The lowest BCUT2D eigenvalue weighted by Crippen LogP contribution is -2.33. The third-order valence-corrected chi connectivity index (χ3v) is 5.11. The van der Waals surface area contributed by atoms with Gasteiger partial charge in [-0.05, 0) is 50.5 Å². The summed E-state index contributed by atoms with van der Waals surface area (Å²) in [6, 6.07) is 9.35. The molecule has 1 atom stereocenters. The fourth-order valence-corrected chi connectivity index (χ4v) is 3.66. The quantitative estimate of drug-likeness (QED) is 0.758. The number of ether oxygens (including phenoxy) is 1. The minimum Gasteiger partial charge on any atom is -0.380 e. The van der Waals surface area contributed by atoms with Crippen LogP contribution in [0, 0.1) is 6.92 Å². The van der Waals surface area contributed by atoms with Gasteiger partial charge in [0.15, 0.2) is 5.82 Å². The molecule has 1 aromatic heterocycles. The van der Waals surface area contributed by atoms with Crippen LogP contribution < -0.4 is 0 Å². The molecular formula is C20H30N4O2. The molecule has 2 heterocycles. The highest BCUT2D eigenvalue weighted by Gasteiger charge is 2.21. The van der Waals surface area contributed by atoms with Gasteiger partial charge in [-0.3, -0.25) is 9.80 Å². The molecule has 142 valence electrons. The fourth-order valence-electron chi connectivity index (χ4n) is 3.66. The van der Waals surface area contributed by atoms with Crippen molar-refractivity contribution in [3.8, 4) is 0 Å². The smallest absolute Gasteiger partial charge is 0.223 e. The molecule has 0 spiro atoms. The van der Waals surface area contributed by atoms with Gasteiger partial charge in [0.05, 0.1) is 13.2 Å². The van der Waals surface area contributed by atoms with Crippen molar-refractivity contribution in [2.75, 3.05) is 27.2 Å². The summed E-state index contributed by atoms with van der Waals surface area (Å²) in [4.78, 5) is 9.26. The molecule has 0 bridgehead atoms. The Bertz CT molecular complexity index is 671. The van der Waals surface area contributed by atoms with E-state index in [0.717, 1.165) is 32.0 Å². The molecule has 6 nitrogen and oxygen atoms in total. The molecule has 6 heteroatoms. The molecule has 1 fully saturated rings. The zero-order chi connectivity index (χ0) is 18.4. The van der Waals surface area contributed by atoms with Crippen LogP contribution in [0.2, 0.25) is 0 Å². The van der Waals surface area contributed by atoms with Gasteiger partial charge < -0.3 is 9.26 Å².